The van der Waals surface area contributed by atoms with Crippen LogP contribution in [-0.2, 0) is 11.2 Å². The second-order valence-corrected chi connectivity index (χ2v) is 10.0. The normalized spacial score (nSPS) is 15.5. The van der Waals surface area contributed by atoms with Crippen molar-refractivity contribution in [3.8, 4) is 0 Å². The number of aryl methyl sites for hydroxylation is 1. The first-order chi connectivity index (χ1) is 15.4. The zero-order valence-electron chi connectivity index (χ0n) is 19.4. The van der Waals surface area contributed by atoms with Gasteiger partial charge in [0.15, 0.2) is 0 Å². The number of halogens is 1. The molecule has 4 nitrogen and oxygen atoms in total. The monoisotopic (exact) mass is 451 g/mol. The molecule has 2 heterocycles. The minimum absolute atomic E-state index is 0.0930. The third-order valence-corrected chi connectivity index (χ3v) is 6.86. The molecule has 3 aromatic rings. The number of carbonyl (C=O) groups is 1. The van der Waals surface area contributed by atoms with Crippen LogP contribution in [-0.4, -0.2) is 35.4 Å². The minimum Gasteiger partial charge on any atom is -0.361 e. The van der Waals surface area contributed by atoms with Crippen molar-refractivity contribution in [3.63, 3.8) is 0 Å². The van der Waals surface area contributed by atoms with Crippen LogP contribution < -0.4 is 5.32 Å². The lowest BCUT2D eigenvalue weighted by Crippen LogP contribution is -2.34. The Morgan fingerprint density at radius 2 is 1.97 bits per heavy atom. The van der Waals surface area contributed by atoms with E-state index in [1.54, 1.807) is 0 Å². The number of nitrogens with one attached hydrogen (secondary N) is 2. The van der Waals surface area contributed by atoms with E-state index in [1.807, 2.05) is 12.1 Å². The van der Waals surface area contributed by atoms with Gasteiger partial charge >= 0.3 is 0 Å². The van der Waals surface area contributed by atoms with Gasteiger partial charge < -0.3 is 15.2 Å². The number of fused-ring (bicyclic) bond motifs is 1. The van der Waals surface area contributed by atoms with Gasteiger partial charge in [-0.25, -0.2) is 0 Å². The largest absolute Gasteiger partial charge is 0.361 e. The summed E-state index contributed by atoms with van der Waals surface area (Å²) >= 11 is 6.24. The topological polar surface area (TPSA) is 48.1 Å². The van der Waals surface area contributed by atoms with Crippen molar-refractivity contribution in [1.29, 1.82) is 0 Å². The molecule has 0 bridgehead atoms. The maximum atomic E-state index is 12.1. The van der Waals surface area contributed by atoms with Gasteiger partial charge in [0.05, 0.1) is 0 Å². The second kappa shape index (κ2) is 10.1. The number of aromatic nitrogens is 1. The number of piperidine rings is 1. The van der Waals surface area contributed by atoms with Crippen LogP contribution in [0, 0.1) is 12.8 Å². The molecule has 1 fully saturated rings. The molecule has 0 radical (unpaired) electrons. The fourth-order valence-electron chi connectivity index (χ4n) is 4.80. The number of H-pyrrole nitrogens is 1. The molecule has 2 aromatic carbocycles. The summed E-state index contributed by atoms with van der Waals surface area (Å²) in [6, 6.07) is 12.4. The number of amides is 1. The van der Waals surface area contributed by atoms with Crippen LogP contribution in [0.2, 0.25) is 5.02 Å². The quantitative estimate of drug-likeness (QED) is 0.428. The molecule has 32 heavy (non-hydrogen) atoms. The molecular formula is C27H34ClN3O. The Balaban J connectivity index is 1.32. The number of aromatic amines is 1. The lowest BCUT2D eigenvalue weighted by Gasteiger charge is -2.32. The molecule has 1 aliphatic heterocycles. The lowest BCUT2D eigenvalue weighted by molar-refractivity contribution is -0.116. The number of nitrogens with zero attached hydrogens (tertiary/aromatic N) is 1. The van der Waals surface area contributed by atoms with Crippen LogP contribution in [0.5, 0.6) is 0 Å². The first-order valence-corrected chi connectivity index (χ1v) is 12.1. The van der Waals surface area contributed by atoms with Gasteiger partial charge in [-0.1, -0.05) is 31.5 Å². The van der Waals surface area contributed by atoms with E-state index in [0.717, 1.165) is 36.8 Å². The molecule has 0 saturated carbocycles. The molecule has 4 rings (SSSR count). The van der Waals surface area contributed by atoms with Crippen molar-refractivity contribution in [3.05, 3.63) is 64.3 Å². The summed E-state index contributed by atoms with van der Waals surface area (Å²) in [4.78, 5) is 18.1. The molecule has 170 valence electrons. The third-order valence-electron chi connectivity index (χ3n) is 6.63. The summed E-state index contributed by atoms with van der Waals surface area (Å²) in [5, 5.41) is 5.12. The Bertz CT molecular complexity index is 1080. The molecule has 1 aromatic heterocycles. The molecule has 0 unspecified atom stereocenters. The number of likely N-dealkylation sites (tertiary alicyclic amines) is 1. The van der Waals surface area contributed by atoms with Gasteiger partial charge in [-0.05, 0) is 98.1 Å². The van der Waals surface area contributed by atoms with Gasteiger partial charge in [-0.3, -0.25) is 4.79 Å². The summed E-state index contributed by atoms with van der Waals surface area (Å²) in [5.41, 5.74) is 6.09. The Morgan fingerprint density at radius 1 is 1.19 bits per heavy atom. The fraction of sp³-hybridized carbons (Fsp3) is 0.444. The molecule has 1 saturated heterocycles. The van der Waals surface area contributed by atoms with E-state index in [1.165, 1.54) is 40.4 Å². The van der Waals surface area contributed by atoms with Gasteiger partial charge in [0.2, 0.25) is 5.91 Å². The maximum absolute atomic E-state index is 12.1. The lowest BCUT2D eigenvalue weighted by atomic mass is 9.89. The Hall–Kier alpha value is -2.30. The van der Waals surface area contributed by atoms with E-state index in [-0.39, 0.29) is 5.91 Å². The first kappa shape index (κ1) is 22.9. The number of carbonyl (C=O) groups excluding carboxylic acids is 1. The molecule has 1 amide bonds. The molecule has 5 heteroatoms. The molecule has 0 spiro atoms. The SMILES string of the molecule is Cc1ccc(NC(=O)CC(C)C)cc1CCN1CCC(c2c[nH]c3ccc(Cl)cc23)CC1. The van der Waals surface area contributed by atoms with E-state index in [9.17, 15) is 4.79 Å². The van der Waals surface area contributed by atoms with Gasteiger partial charge in [0, 0.05) is 40.8 Å². The van der Waals surface area contributed by atoms with Gasteiger partial charge in [-0.15, -0.1) is 0 Å². The number of hydrogen-bond donors (Lipinski definition) is 2. The minimum atomic E-state index is 0.0930. The van der Waals surface area contributed by atoms with Crippen LogP contribution >= 0.6 is 11.6 Å². The molecule has 0 atom stereocenters. The summed E-state index contributed by atoms with van der Waals surface area (Å²) in [5.74, 6) is 1.04. The first-order valence-electron chi connectivity index (χ1n) is 11.8. The van der Waals surface area contributed by atoms with Crippen LogP contribution in [0.15, 0.2) is 42.6 Å². The summed E-state index contributed by atoms with van der Waals surface area (Å²) in [6.07, 6.45) is 6.07. The molecular weight excluding hydrogens is 418 g/mol. The van der Waals surface area contributed by atoms with E-state index in [0.29, 0.717) is 18.3 Å². The highest BCUT2D eigenvalue weighted by molar-refractivity contribution is 6.31. The predicted molar refractivity (Wildman–Crippen MR) is 135 cm³/mol. The van der Waals surface area contributed by atoms with Crippen LogP contribution in [0.3, 0.4) is 0 Å². The second-order valence-electron chi connectivity index (χ2n) is 9.59. The number of rotatable bonds is 7. The Morgan fingerprint density at radius 3 is 2.72 bits per heavy atom. The standard InChI is InChI=1S/C27H34ClN3O/c1-18(2)14-27(32)30-23-6-4-19(3)21(15-23)10-13-31-11-8-20(9-12-31)25-17-29-26-7-5-22(28)16-24(25)26/h4-7,15-18,20,29H,8-14H2,1-3H3,(H,30,32). The number of benzene rings is 2. The highest BCUT2D eigenvalue weighted by atomic mass is 35.5. The van der Waals surface area contributed by atoms with Crippen molar-refractivity contribution in [2.75, 3.05) is 25.0 Å². The number of hydrogen-bond acceptors (Lipinski definition) is 2. The van der Waals surface area contributed by atoms with Crippen LogP contribution in [0.4, 0.5) is 5.69 Å². The zero-order valence-corrected chi connectivity index (χ0v) is 20.1. The van der Waals surface area contributed by atoms with E-state index in [4.69, 9.17) is 11.6 Å². The Labute approximate surface area is 196 Å². The average molecular weight is 452 g/mol. The van der Waals surface area contributed by atoms with Crippen molar-refractivity contribution in [2.24, 2.45) is 5.92 Å². The molecule has 1 aliphatic rings. The smallest absolute Gasteiger partial charge is 0.224 e. The van der Waals surface area contributed by atoms with Gasteiger partial charge in [-0.2, -0.15) is 0 Å². The predicted octanol–water partition coefficient (Wildman–Crippen LogP) is 6.54. The van der Waals surface area contributed by atoms with Gasteiger partial charge in [0.25, 0.3) is 0 Å². The number of anilines is 1. The summed E-state index contributed by atoms with van der Waals surface area (Å²) in [7, 11) is 0. The molecule has 0 aliphatic carbocycles. The van der Waals surface area contributed by atoms with Crippen molar-refractivity contribution in [2.45, 2.75) is 52.4 Å². The zero-order chi connectivity index (χ0) is 22.7. The van der Waals surface area contributed by atoms with Crippen LogP contribution in [0.1, 0.15) is 55.7 Å². The average Bonchev–Trinajstić information content (AvgIpc) is 3.17. The van der Waals surface area contributed by atoms with Crippen molar-refractivity contribution < 1.29 is 4.79 Å². The highest BCUT2D eigenvalue weighted by Crippen LogP contribution is 2.34. The van der Waals surface area contributed by atoms with E-state index in [2.05, 4.69) is 66.4 Å². The van der Waals surface area contributed by atoms with Gasteiger partial charge in [0.1, 0.15) is 0 Å². The van der Waals surface area contributed by atoms with Crippen molar-refractivity contribution in [1.82, 2.24) is 9.88 Å². The maximum Gasteiger partial charge on any atom is 0.224 e. The van der Waals surface area contributed by atoms with E-state index < -0.39 is 0 Å². The summed E-state index contributed by atoms with van der Waals surface area (Å²) in [6.45, 7) is 9.57. The summed E-state index contributed by atoms with van der Waals surface area (Å²) < 4.78 is 0. The van der Waals surface area contributed by atoms with Crippen molar-refractivity contribution >= 4 is 34.1 Å². The van der Waals surface area contributed by atoms with E-state index >= 15 is 0 Å². The Kier molecular flexibility index (Phi) is 7.22. The third kappa shape index (κ3) is 5.54. The molecule has 2 N–H and O–H groups in total. The highest BCUT2D eigenvalue weighted by Gasteiger charge is 2.23. The fourth-order valence-corrected chi connectivity index (χ4v) is 4.97. The van der Waals surface area contributed by atoms with Crippen LogP contribution in [0.25, 0.3) is 10.9 Å².